The van der Waals surface area contributed by atoms with E-state index in [9.17, 15) is 5.26 Å². The second-order valence-corrected chi connectivity index (χ2v) is 6.39. The Balaban J connectivity index is 2.11. The van der Waals surface area contributed by atoms with Gasteiger partial charge in [-0.15, -0.1) is 11.3 Å². The quantitative estimate of drug-likeness (QED) is 0.784. The highest BCUT2D eigenvalue weighted by atomic mass is 32.1. The number of anilines is 2. The molecule has 1 N–H and O–H groups in total. The SMILES string of the molecule is CCN(c1ccc(N/C=C(\C#N)c2nc(C)cs2)cc1)C(C)C. The van der Waals surface area contributed by atoms with Crippen LogP contribution in [0.4, 0.5) is 11.4 Å². The number of thiazole rings is 1. The van der Waals surface area contributed by atoms with Gasteiger partial charge in [0.1, 0.15) is 16.6 Å². The summed E-state index contributed by atoms with van der Waals surface area (Å²) in [7, 11) is 0. The topological polar surface area (TPSA) is 52.0 Å². The number of nitrogens with zero attached hydrogens (tertiary/aromatic N) is 3. The zero-order valence-electron chi connectivity index (χ0n) is 14.0. The molecular formula is C18H22N4S. The Labute approximate surface area is 142 Å². The van der Waals surface area contributed by atoms with Crippen molar-refractivity contribution in [2.75, 3.05) is 16.8 Å². The van der Waals surface area contributed by atoms with Gasteiger partial charge in [-0.3, -0.25) is 0 Å². The van der Waals surface area contributed by atoms with Crippen molar-refractivity contribution in [3.05, 3.63) is 46.5 Å². The van der Waals surface area contributed by atoms with Crippen LogP contribution in [0.15, 0.2) is 35.8 Å². The van der Waals surface area contributed by atoms with Crippen molar-refractivity contribution in [1.82, 2.24) is 4.98 Å². The molecule has 0 aliphatic carbocycles. The van der Waals surface area contributed by atoms with Gasteiger partial charge in [-0.05, 0) is 52.0 Å². The van der Waals surface area contributed by atoms with Crippen molar-refractivity contribution in [2.45, 2.75) is 33.7 Å². The minimum absolute atomic E-state index is 0.469. The summed E-state index contributed by atoms with van der Waals surface area (Å²) in [5.74, 6) is 0. The molecule has 1 aromatic heterocycles. The van der Waals surface area contributed by atoms with Crippen molar-refractivity contribution < 1.29 is 0 Å². The van der Waals surface area contributed by atoms with Crippen LogP contribution in [0.1, 0.15) is 31.5 Å². The molecule has 1 heterocycles. The van der Waals surface area contributed by atoms with Crippen LogP contribution in [0.2, 0.25) is 0 Å². The molecular weight excluding hydrogens is 304 g/mol. The van der Waals surface area contributed by atoms with E-state index in [1.54, 1.807) is 6.20 Å². The number of aromatic nitrogens is 1. The standard InChI is InChI=1S/C18H22N4S/c1-5-22(13(2)3)17-8-6-16(7-9-17)20-11-15(10-19)18-21-14(4)12-23-18/h6-9,11-13,20H,5H2,1-4H3/b15-11+. The summed E-state index contributed by atoms with van der Waals surface area (Å²) in [5.41, 5.74) is 3.64. The summed E-state index contributed by atoms with van der Waals surface area (Å²) in [6.07, 6.45) is 1.72. The van der Waals surface area contributed by atoms with Crippen LogP contribution in [-0.2, 0) is 0 Å². The number of aryl methyl sites for hydroxylation is 1. The Morgan fingerprint density at radius 2 is 2.09 bits per heavy atom. The second kappa shape index (κ2) is 7.80. The van der Waals surface area contributed by atoms with E-state index in [1.165, 1.54) is 17.0 Å². The molecule has 0 amide bonds. The predicted octanol–water partition coefficient (Wildman–Crippen LogP) is 4.66. The van der Waals surface area contributed by atoms with Crippen molar-refractivity contribution in [1.29, 1.82) is 5.26 Å². The van der Waals surface area contributed by atoms with Crippen LogP contribution in [0, 0.1) is 18.3 Å². The molecule has 0 aliphatic rings. The molecule has 23 heavy (non-hydrogen) atoms. The Morgan fingerprint density at radius 3 is 2.57 bits per heavy atom. The molecule has 0 fully saturated rings. The van der Waals surface area contributed by atoms with Crippen molar-refractivity contribution in [2.24, 2.45) is 0 Å². The third-order valence-corrected chi connectivity index (χ3v) is 4.51. The van der Waals surface area contributed by atoms with Gasteiger partial charge in [0.2, 0.25) is 0 Å². The first-order chi connectivity index (χ1) is 11.0. The summed E-state index contributed by atoms with van der Waals surface area (Å²) in [5, 5.41) is 15.1. The third-order valence-electron chi connectivity index (χ3n) is 3.52. The van der Waals surface area contributed by atoms with Gasteiger partial charge in [0.05, 0.1) is 0 Å². The number of nitrogens with one attached hydrogen (secondary N) is 1. The molecule has 1 aromatic carbocycles. The van der Waals surface area contributed by atoms with E-state index in [4.69, 9.17) is 0 Å². The van der Waals surface area contributed by atoms with Crippen LogP contribution in [0.3, 0.4) is 0 Å². The Morgan fingerprint density at radius 1 is 1.39 bits per heavy atom. The zero-order valence-corrected chi connectivity index (χ0v) is 14.8. The monoisotopic (exact) mass is 326 g/mol. The minimum atomic E-state index is 0.469. The van der Waals surface area contributed by atoms with Gasteiger partial charge in [0.15, 0.2) is 0 Å². The van der Waals surface area contributed by atoms with Gasteiger partial charge in [-0.25, -0.2) is 4.98 Å². The van der Waals surface area contributed by atoms with E-state index < -0.39 is 0 Å². The first-order valence-corrected chi connectivity index (χ1v) is 8.59. The van der Waals surface area contributed by atoms with Crippen LogP contribution in [0.5, 0.6) is 0 Å². The summed E-state index contributed by atoms with van der Waals surface area (Å²) >= 11 is 1.48. The summed E-state index contributed by atoms with van der Waals surface area (Å²) in [6, 6.07) is 10.9. The van der Waals surface area contributed by atoms with Gasteiger partial charge < -0.3 is 10.2 Å². The molecule has 4 nitrogen and oxygen atoms in total. The molecule has 0 unspecified atom stereocenters. The highest BCUT2D eigenvalue weighted by Gasteiger charge is 2.08. The van der Waals surface area contributed by atoms with E-state index in [0.717, 1.165) is 22.9 Å². The average Bonchev–Trinajstić information content (AvgIpc) is 2.96. The maximum Gasteiger partial charge on any atom is 0.135 e. The van der Waals surface area contributed by atoms with Gasteiger partial charge in [-0.1, -0.05) is 0 Å². The summed E-state index contributed by atoms with van der Waals surface area (Å²) in [6.45, 7) is 9.44. The number of benzene rings is 1. The van der Waals surface area contributed by atoms with Gasteiger partial charge in [0, 0.05) is 41.2 Å². The lowest BCUT2D eigenvalue weighted by Gasteiger charge is -2.27. The van der Waals surface area contributed by atoms with Crippen LogP contribution in [-0.4, -0.2) is 17.6 Å². The molecule has 0 atom stereocenters. The first-order valence-electron chi connectivity index (χ1n) is 7.71. The van der Waals surface area contributed by atoms with Crippen molar-refractivity contribution in [3.8, 4) is 6.07 Å². The molecule has 0 saturated carbocycles. The highest BCUT2D eigenvalue weighted by Crippen LogP contribution is 2.22. The van der Waals surface area contributed by atoms with Gasteiger partial charge in [0.25, 0.3) is 0 Å². The maximum absolute atomic E-state index is 9.28. The van der Waals surface area contributed by atoms with Crippen molar-refractivity contribution in [3.63, 3.8) is 0 Å². The van der Waals surface area contributed by atoms with Crippen LogP contribution < -0.4 is 10.2 Å². The Kier molecular flexibility index (Phi) is 5.78. The lowest BCUT2D eigenvalue weighted by atomic mass is 10.2. The fraction of sp³-hybridized carbons (Fsp3) is 0.333. The Hall–Kier alpha value is -2.32. The number of rotatable bonds is 6. The highest BCUT2D eigenvalue weighted by molar-refractivity contribution is 7.10. The summed E-state index contributed by atoms with van der Waals surface area (Å²) in [4.78, 5) is 6.68. The first kappa shape index (κ1) is 17.0. The lowest BCUT2D eigenvalue weighted by molar-refractivity contribution is 0.704. The molecule has 2 rings (SSSR count). The van der Waals surface area contributed by atoms with E-state index in [1.807, 2.05) is 24.4 Å². The number of hydrogen-bond donors (Lipinski definition) is 1. The van der Waals surface area contributed by atoms with E-state index in [-0.39, 0.29) is 0 Å². The predicted molar refractivity (Wildman–Crippen MR) is 98.7 cm³/mol. The lowest BCUT2D eigenvalue weighted by Crippen LogP contribution is -2.30. The van der Waals surface area contributed by atoms with Crippen molar-refractivity contribution >= 4 is 28.3 Å². The fourth-order valence-corrected chi connectivity index (χ4v) is 3.13. The minimum Gasteiger partial charge on any atom is -0.369 e. The average molecular weight is 326 g/mol. The van der Waals surface area contributed by atoms with Crippen LogP contribution in [0.25, 0.3) is 5.57 Å². The van der Waals surface area contributed by atoms with E-state index in [2.05, 4.69) is 54.2 Å². The summed E-state index contributed by atoms with van der Waals surface area (Å²) < 4.78 is 0. The number of nitriles is 1. The van der Waals surface area contributed by atoms with E-state index >= 15 is 0 Å². The zero-order chi connectivity index (χ0) is 16.8. The molecule has 2 aromatic rings. The maximum atomic E-state index is 9.28. The van der Waals surface area contributed by atoms with Gasteiger partial charge >= 0.3 is 0 Å². The third kappa shape index (κ3) is 4.33. The normalized spacial score (nSPS) is 11.4. The second-order valence-electron chi connectivity index (χ2n) is 5.53. The largest absolute Gasteiger partial charge is 0.369 e. The van der Waals surface area contributed by atoms with E-state index in [0.29, 0.717) is 11.6 Å². The Bertz CT molecular complexity index is 707. The molecule has 120 valence electrons. The molecule has 0 aliphatic heterocycles. The molecule has 0 saturated heterocycles. The fourth-order valence-electron chi connectivity index (χ4n) is 2.37. The van der Waals surface area contributed by atoms with Gasteiger partial charge in [-0.2, -0.15) is 5.26 Å². The number of allylic oxidation sites excluding steroid dienone is 1. The molecule has 5 heteroatoms. The molecule has 0 radical (unpaired) electrons. The number of hydrogen-bond acceptors (Lipinski definition) is 5. The van der Waals surface area contributed by atoms with Crippen LogP contribution >= 0.6 is 11.3 Å². The molecule has 0 bridgehead atoms. The molecule has 0 spiro atoms. The smallest absolute Gasteiger partial charge is 0.135 e.